The van der Waals surface area contributed by atoms with Gasteiger partial charge >= 0.3 is 0 Å². The molecule has 3 heterocycles. The van der Waals surface area contributed by atoms with Gasteiger partial charge < -0.3 is 10.2 Å². The van der Waals surface area contributed by atoms with Crippen molar-refractivity contribution in [2.24, 2.45) is 0 Å². The second-order valence-electron chi connectivity index (χ2n) is 4.86. The Hall–Kier alpha value is -1.09. The minimum atomic E-state index is 0.371. The molecule has 2 aliphatic heterocycles. The Kier molecular flexibility index (Phi) is 1.96. The first-order valence-corrected chi connectivity index (χ1v) is 5.67. The lowest BCUT2D eigenvalue weighted by Gasteiger charge is -2.37. The standard InChI is InChI=1S/C12H17N3/c1-15-6-3-12(4-7-15)9-14-11-2-5-13-8-10(11)12/h2,5,8,14H,3-4,6-7,9H2,1H3. The molecule has 0 bridgehead atoms. The summed E-state index contributed by atoms with van der Waals surface area (Å²) in [5.74, 6) is 0. The SMILES string of the molecule is CN1CCC2(CC1)CNc1ccncc12. The first-order valence-electron chi connectivity index (χ1n) is 5.67. The fraction of sp³-hybridized carbons (Fsp3) is 0.583. The number of hydrogen-bond acceptors (Lipinski definition) is 3. The van der Waals surface area contributed by atoms with E-state index in [0.29, 0.717) is 5.41 Å². The number of piperidine rings is 1. The van der Waals surface area contributed by atoms with Crippen LogP contribution in [0.4, 0.5) is 5.69 Å². The van der Waals surface area contributed by atoms with Crippen LogP contribution in [0.25, 0.3) is 0 Å². The molecular weight excluding hydrogens is 186 g/mol. The molecule has 3 nitrogen and oxygen atoms in total. The molecule has 0 aliphatic carbocycles. The Morgan fingerprint density at radius 1 is 1.40 bits per heavy atom. The molecule has 1 aromatic rings. The maximum atomic E-state index is 4.27. The third kappa shape index (κ3) is 1.34. The fourth-order valence-electron chi connectivity index (χ4n) is 2.82. The van der Waals surface area contributed by atoms with Crippen molar-refractivity contribution >= 4 is 5.69 Å². The van der Waals surface area contributed by atoms with Crippen LogP contribution in [-0.2, 0) is 5.41 Å². The molecule has 0 amide bonds. The highest BCUT2D eigenvalue weighted by Crippen LogP contribution is 2.42. The van der Waals surface area contributed by atoms with E-state index in [4.69, 9.17) is 0 Å². The van der Waals surface area contributed by atoms with E-state index in [1.54, 1.807) is 0 Å². The molecule has 0 unspecified atom stereocenters. The van der Waals surface area contributed by atoms with Crippen molar-refractivity contribution in [3.05, 3.63) is 24.0 Å². The van der Waals surface area contributed by atoms with Crippen LogP contribution < -0.4 is 5.32 Å². The van der Waals surface area contributed by atoms with E-state index in [1.165, 1.54) is 37.2 Å². The van der Waals surface area contributed by atoms with Crippen LogP contribution in [0.5, 0.6) is 0 Å². The quantitative estimate of drug-likeness (QED) is 0.692. The van der Waals surface area contributed by atoms with E-state index in [-0.39, 0.29) is 0 Å². The van der Waals surface area contributed by atoms with Crippen LogP contribution in [0.1, 0.15) is 18.4 Å². The molecular formula is C12H17N3. The van der Waals surface area contributed by atoms with Gasteiger partial charge in [0.2, 0.25) is 0 Å². The van der Waals surface area contributed by atoms with Gasteiger partial charge in [-0.15, -0.1) is 0 Å². The lowest BCUT2D eigenvalue weighted by atomic mass is 9.75. The average Bonchev–Trinajstić information content (AvgIpc) is 2.63. The normalized spacial score (nSPS) is 23.8. The number of nitrogens with one attached hydrogen (secondary N) is 1. The van der Waals surface area contributed by atoms with Crippen molar-refractivity contribution in [1.29, 1.82) is 0 Å². The Labute approximate surface area is 90.5 Å². The van der Waals surface area contributed by atoms with Gasteiger partial charge in [0, 0.05) is 35.6 Å². The van der Waals surface area contributed by atoms with Crippen LogP contribution in [0, 0.1) is 0 Å². The minimum Gasteiger partial charge on any atom is -0.384 e. The molecule has 3 heteroatoms. The summed E-state index contributed by atoms with van der Waals surface area (Å²) in [5, 5.41) is 3.52. The van der Waals surface area contributed by atoms with E-state index in [9.17, 15) is 0 Å². The number of likely N-dealkylation sites (tertiary alicyclic amines) is 1. The summed E-state index contributed by atoms with van der Waals surface area (Å²) in [4.78, 5) is 6.69. The molecule has 1 aromatic heterocycles. The molecule has 2 aliphatic rings. The van der Waals surface area contributed by atoms with Crippen molar-refractivity contribution in [3.8, 4) is 0 Å². The number of anilines is 1. The highest BCUT2D eigenvalue weighted by Gasteiger charge is 2.40. The van der Waals surface area contributed by atoms with Gasteiger partial charge in [0.1, 0.15) is 0 Å². The number of rotatable bonds is 0. The molecule has 1 saturated heterocycles. The van der Waals surface area contributed by atoms with Crippen molar-refractivity contribution in [2.75, 3.05) is 32.0 Å². The lowest BCUT2D eigenvalue weighted by Crippen LogP contribution is -2.42. The number of hydrogen-bond donors (Lipinski definition) is 1. The van der Waals surface area contributed by atoms with Crippen molar-refractivity contribution < 1.29 is 0 Å². The van der Waals surface area contributed by atoms with Crippen LogP contribution in [0.15, 0.2) is 18.5 Å². The number of fused-ring (bicyclic) bond motifs is 2. The molecule has 1 N–H and O–H groups in total. The third-order valence-corrected chi connectivity index (χ3v) is 3.95. The summed E-state index contributed by atoms with van der Waals surface area (Å²) in [7, 11) is 2.21. The second kappa shape index (κ2) is 3.20. The molecule has 80 valence electrons. The van der Waals surface area contributed by atoms with Crippen LogP contribution >= 0.6 is 0 Å². The fourth-order valence-corrected chi connectivity index (χ4v) is 2.82. The van der Waals surface area contributed by atoms with Gasteiger partial charge in [-0.1, -0.05) is 0 Å². The summed E-state index contributed by atoms with van der Waals surface area (Å²) in [5.41, 5.74) is 3.11. The maximum Gasteiger partial charge on any atom is 0.0410 e. The van der Waals surface area contributed by atoms with Crippen LogP contribution in [-0.4, -0.2) is 36.6 Å². The zero-order chi connectivity index (χ0) is 10.3. The summed E-state index contributed by atoms with van der Waals surface area (Å²) < 4.78 is 0. The lowest BCUT2D eigenvalue weighted by molar-refractivity contribution is 0.200. The summed E-state index contributed by atoms with van der Waals surface area (Å²) in [6, 6.07) is 2.10. The monoisotopic (exact) mass is 203 g/mol. The number of aromatic nitrogens is 1. The van der Waals surface area contributed by atoms with Crippen LogP contribution in [0.3, 0.4) is 0 Å². The summed E-state index contributed by atoms with van der Waals surface area (Å²) in [6.45, 7) is 3.51. The third-order valence-electron chi connectivity index (χ3n) is 3.95. The summed E-state index contributed by atoms with van der Waals surface area (Å²) >= 11 is 0. The molecule has 0 aromatic carbocycles. The van der Waals surface area contributed by atoms with Gasteiger partial charge in [0.25, 0.3) is 0 Å². The average molecular weight is 203 g/mol. The van der Waals surface area contributed by atoms with Gasteiger partial charge in [-0.25, -0.2) is 0 Å². The van der Waals surface area contributed by atoms with Gasteiger partial charge in [-0.05, 0) is 39.0 Å². The van der Waals surface area contributed by atoms with Crippen molar-refractivity contribution in [1.82, 2.24) is 9.88 Å². The number of nitrogens with zero attached hydrogens (tertiary/aromatic N) is 2. The Morgan fingerprint density at radius 2 is 2.20 bits per heavy atom. The van der Waals surface area contributed by atoms with Gasteiger partial charge in [0.15, 0.2) is 0 Å². The zero-order valence-electron chi connectivity index (χ0n) is 9.16. The smallest absolute Gasteiger partial charge is 0.0410 e. The predicted octanol–water partition coefficient (Wildman–Crippen LogP) is 1.47. The van der Waals surface area contributed by atoms with Crippen LogP contribution in [0.2, 0.25) is 0 Å². The maximum absolute atomic E-state index is 4.27. The molecule has 0 atom stereocenters. The van der Waals surface area contributed by atoms with Crippen molar-refractivity contribution in [3.63, 3.8) is 0 Å². The van der Waals surface area contributed by atoms with E-state index < -0.39 is 0 Å². The molecule has 0 saturated carbocycles. The van der Waals surface area contributed by atoms with Gasteiger partial charge in [-0.2, -0.15) is 0 Å². The minimum absolute atomic E-state index is 0.371. The zero-order valence-corrected chi connectivity index (χ0v) is 9.16. The molecule has 15 heavy (non-hydrogen) atoms. The highest BCUT2D eigenvalue weighted by atomic mass is 15.1. The van der Waals surface area contributed by atoms with Crippen molar-refractivity contribution in [2.45, 2.75) is 18.3 Å². The highest BCUT2D eigenvalue weighted by molar-refractivity contribution is 5.59. The first kappa shape index (κ1) is 9.16. The molecule has 0 radical (unpaired) electrons. The topological polar surface area (TPSA) is 28.2 Å². The Balaban J connectivity index is 1.95. The van der Waals surface area contributed by atoms with E-state index >= 15 is 0 Å². The Bertz CT molecular complexity index is 367. The predicted molar refractivity (Wildman–Crippen MR) is 61.1 cm³/mol. The largest absolute Gasteiger partial charge is 0.384 e. The van der Waals surface area contributed by atoms with Gasteiger partial charge in [-0.3, -0.25) is 4.98 Å². The first-order chi connectivity index (χ1) is 7.30. The Morgan fingerprint density at radius 3 is 3.00 bits per heavy atom. The summed E-state index contributed by atoms with van der Waals surface area (Å²) in [6.07, 6.45) is 6.45. The van der Waals surface area contributed by atoms with E-state index in [0.717, 1.165) is 6.54 Å². The number of pyridine rings is 1. The van der Waals surface area contributed by atoms with E-state index in [1.807, 2.05) is 6.20 Å². The molecule has 1 fully saturated rings. The second-order valence-corrected chi connectivity index (χ2v) is 4.86. The van der Waals surface area contributed by atoms with Gasteiger partial charge in [0.05, 0.1) is 0 Å². The van der Waals surface area contributed by atoms with E-state index in [2.05, 4.69) is 34.5 Å². The molecule has 1 spiro atoms. The molecule has 3 rings (SSSR count).